The Morgan fingerprint density at radius 3 is 2.93 bits per heavy atom. The quantitative estimate of drug-likeness (QED) is 0.894. The molecule has 0 bridgehead atoms. The lowest BCUT2D eigenvalue weighted by Gasteiger charge is -2.28. The molecule has 0 radical (unpaired) electrons. The van der Waals surface area contributed by atoms with Crippen LogP contribution in [0.25, 0.3) is 0 Å². The van der Waals surface area contributed by atoms with Crippen LogP contribution in [0.3, 0.4) is 0 Å². The van der Waals surface area contributed by atoms with Crippen molar-refractivity contribution in [3.8, 4) is 0 Å². The Balaban J connectivity index is 2.23. The summed E-state index contributed by atoms with van der Waals surface area (Å²) >= 11 is 7.01. The Hall–Kier alpha value is 0.490. The maximum absolute atomic E-state index is 10.3. The Kier molecular flexibility index (Phi) is 3.27. The van der Waals surface area contributed by atoms with Crippen LogP contribution in [0.5, 0.6) is 0 Å². The second-order valence-corrected chi connectivity index (χ2v) is 7.23. The first-order chi connectivity index (χ1) is 6.63. The van der Waals surface area contributed by atoms with Gasteiger partial charge in [0.05, 0.1) is 0 Å². The molecule has 0 aromatic carbocycles. The van der Waals surface area contributed by atoms with Gasteiger partial charge in [-0.05, 0) is 52.9 Å². The zero-order chi connectivity index (χ0) is 10.2. The second-order valence-electron chi connectivity index (χ2n) is 3.80. The van der Waals surface area contributed by atoms with Crippen molar-refractivity contribution in [3.63, 3.8) is 0 Å². The molecule has 1 N–H and O–H groups in total. The standard InChI is InChI=1S/C10H13BrOS2/c1-10(4-2-5-14-10)9(12)8-7(11)3-6-13-8/h3,6,9,12H,2,4-5H2,1H3. The summed E-state index contributed by atoms with van der Waals surface area (Å²) in [6.07, 6.45) is 2.01. The predicted octanol–water partition coefficient (Wildman–Crippen LogP) is 3.83. The van der Waals surface area contributed by atoms with Crippen LogP contribution in [-0.4, -0.2) is 15.6 Å². The molecule has 0 saturated carbocycles. The van der Waals surface area contributed by atoms with Gasteiger partial charge in [-0.3, -0.25) is 0 Å². The van der Waals surface area contributed by atoms with Crippen LogP contribution >= 0.6 is 39.0 Å². The summed E-state index contributed by atoms with van der Waals surface area (Å²) in [6.45, 7) is 2.17. The first-order valence-corrected chi connectivity index (χ1v) is 7.34. The van der Waals surface area contributed by atoms with Gasteiger partial charge < -0.3 is 5.11 Å². The topological polar surface area (TPSA) is 20.2 Å². The summed E-state index contributed by atoms with van der Waals surface area (Å²) in [4.78, 5) is 1.07. The van der Waals surface area contributed by atoms with E-state index >= 15 is 0 Å². The molecule has 0 aliphatic carbocycles. The number of rotatable bonds is 2. The predicted molar refractivity (Wildman–Crippen MR) is 67.1 cm³/mol. The molecule has 2 unspecified atom stereocenters. The molecule has 1 nitrogen and oxygen atoms in total. The fourth-order valence-corrected chi connectivity index (χ4v) is 4.91. The smallest absolute Gasteiger partial charge is 0.104 e. The molecule has 1 aromatic heterocycles. The number of hydrogen-bond acceptors (Lipinski definition) is 3. The van der Waals surface area contributed by atoms with Gasteiger partial charge in [-0.2, -0.15) is 11.8 Å². The van der Waals surface area contributed by atoms with Gasteiger partial charge in [0, 0.05) is 14.1 Å². The molecule has 2 atom stereocenters. The molecule has 1 aromatic rings. The third-order valence-corrected chi connectivity index (χ3v) is 6.22. The van der Waals surface area contributed by atoms with Crippen molar-refractivity contribution < 1.29 is 5.11 Å². The van der Waals surface area contributed by atoms with Gasteiger partial charge in [-0.15, -0.1) is 11.3 Å². The Morgan fingerprint density at radius 2 is 2.43 bits per heavy atom. The molecular weight excluding hydrogens is 280 g/mol. The third-order valence-electron chi connectivity index (χ3n) is 2.72. The van der Waals surface area contributed by atoms with Gasteiger partial charge in [0.1, 0.15) is 6.10 Å². The lowest BCUT2D eigenvalue weighted by Crippen LogP contribution is -2.25. The van der Waals surface area contributed by atoms with Crippen LogP contribution in [0.1, 0.15) is 30.7 Å². The molecule has 1 aliphatic heterocycles. The average Bonchev–Trinajstić information content (AvgIpc) is 2.74. The first kappa shape index (κ1) is 11.0. The maximum Gasteiger partial charge on any atom is 0.104 e. The summed E-state index contributed by atoms with van der Waals surface area (Å²) in [5, 5.41) is 12.3. The van der Waals surface area contributed by atoms with E-state index in [-0.39, 0.29) is 10.9 Å². The van der Waals surface area contributed by atoms with E-state index in [0.29, 0.717) is 0 Å². The van der Waals surface area contributed by atoms with Crippen molar-refractivity contribution in [2.24, 2.45) is 0 Å². The van der Waals surface area contributed by atoms with E-state index in [4.69, 9.17) is 0 Å². The van der Waals surface area contributed by atoms with Crippen molar-refractivity contribution in [3.05, 3.63) is 20.8 Å². The van der Waals surface area contributed by atoms with Gasteiger partial charge in [0.25, 0.3) is 0 Å². The van der Waals surface area contributed by atoms with E-state index in [9.17, 15) is 5.11 Å². The third kappa shape index (κ3) is 1.90. The molecule has 2 heterocycles. The van der Waals surface area contributed by atoms with Crippen LogP contribution in [0.2, 0.25) is 0 Å². The van der Waals surface area contributed by atoms with Crippen LogP contribution in [-0.2, 0) is 0 Å². The SMILES string of the molecule is CC1(C(O)c2sccc2Br)CCCS1. The highest BCUT2D eigenvalue weighted by Gasteiger charge is 2.38. The molecule has 14 heavy (non-hydrogen) atoms. The maximum atomic E-state index is 10.3. The molecule has 1 aliphatic rings. The summed E-state index contributed by atoms with van der Waals surface area (Å²) in [5.41, 5.74) is 0. The normalized spacial score (nSPS) is 29.4. The van der Waals surface area contributed by atoms with Crippen molar-refractivity contribution in [2.75, 3.05) is 5.75 Å². The number of aliphatic hydroxyl groups is 1. The van der Waals surface area contributed by atoms with E-state index < -0.39 is 0 Å². The number of halogens is 1. The zero-order valence-corrected chi connectivity index (χ0v) is 11.2. The average molecular weight is 293 g/mol. The minimum Gasteiger partial charge on any atom is -0.386 e. The summed E-state index contributed by atoms with van der Waals surface area (Å²) < 4.78 is 1.07. The fraction of sp³-hybridized carbons (Fsp3) is 0.600. The van der Waals surface area contributed by atoms with Gasteiger partial charge >= 0.3 is 0 Å². The Labute approximate surface area is 101 Å². The van der Waals surface area contributed by atoms with Crippen LogP contribution in [0.4, 0.5) is 0 Å². The lowest BCUT2D eigenvalue weighted by atomic mass is 9.97. The highest BCUT2D eigenvalue weighted by atomic mass is 79.9. The van der Waals surface area contributed by atoms with Gasteiger partial charge in [-0.25, -0.2) is 0 Å². The van der Waals surface area contributed by atoms with Gasteiger partial charge in [0.15, 0.2) is 0 Å². The molecular formula is C10H13BrOS2. The molecule has 1 fully saturated rings. The molecule has 4 heteroatoms. The van der Waals surface area contributed by atoms with E-state index in [0.717, 1.165) is 15.8 Å². The van der Waals surface area contributed by atoms with Gasteiger partial charge in [0.2, 0.25) is 0 Å². The van der Waals surface area contributed by atoms with Crippen LogP contribution in [0.15, 0.2) is 15.9 Å². The van der Waals surface area contributed by atoms with Crippen LogP contribution in [0, 0.1) is 0 Å². The molecule has 78 valence electrons. The molecule has 1 saturated heterocycles. The number of thioether (sulfide) groups is 1. The summed E-state index contributed by atoms with van der Waals surface area (Å²) in [5.74, 6) is 1.18. The van der Waals surface area contributed by atoms with Crippen molar-refractivity contribution in [2.45, 2.75) is 30.6 Å². The highest BCUT2D eigenvalue weighted by Crippen LogP contribution is 2.48. The van der Waals surface area contributed by atoms with E-state index in [1.165, 1.54) is 12.2 Å². The molecule has 0 spiro atoms. The number of hydrogen-bond donors (Lipinski definition) is 1. The second kappa shape index (κ2) is 4.16. The van der Waals surface area contributed by atoms with E-state index in [1.807, 2.05) is 23.2 Å². The lowest BCUT2D eigenvalue weighted by molar-refractivity contribution is 0.138. The molecule has 0 amide bonds. The number of aliphatic hydroxyl groups excluding tert-OH is 1. The van der Waals surface area contributed by atoms with E-state index in [2.05, 4.69) is 22.9 Å². The van der Waals surface area contributed by atoms with Crippen molar-refractivity contribution in [1.82, 2.24) is 0 Å². The Morgan fingerprint density at radius 1 is 1.64 bits per heavy atom. The Bertz CT molecular complexity index is 318. The molecule has 2 rings (SSSR count). The van der Waals surface area contributed by atoms with Crippen molar-refractivity contribution in [1.29, 1.82) is 0 Å². The highest BCUT2D eigenvalue weighted by molar-refractivity contribution is 9.10. The van der Waals surface area contributed by atoms with Crippen molar-refractivity contribution >= 4 is 39.0 Å². The van der Waals surface area contributed by atoms with Gasteiger partial charge in [-0.1, -0.05) is 0 Å². The largest absolute Gasteiger partial charge is 0.386 e. The fourth-order valence-electron chi connectivity index (χ4n) is 1.79. The summed E-state index contributed by atoms with van der Waals surface area (Å²) in [6, 6.07) is 2.01. The zero-order valence-electron chi connectivity index (χ0n) is 8.00. The number of thiophene rings is 1. The minimum absolute atomic E-state index is 0.0212. The monoisotopic (exact) mass is 292 g/mol. The van der Waals surface area contributed by atoms with Crippen LogP contribution < -0.4 is 0 Å². The first-order valence-electron chi connectivity index (χ1n) is 4.68. The van der Waals surface area contributed by atoms with E-state index in [1.54, 1.807) is 11.3 Å². The minimum atomic E-state index is -0.329. The summed E-state index contributed by atoms with van der Waals surface area (Å²) in [7, 11) is 0.